The lowest BCUT2D eigenvalue weighted by Gasteiger charge is -2.16. The summed E-state index contributed by atoms with van der Waals surface area (Å²) < 4.78 is 5.50. The second-order valence-corrected chi connectivity index (χ2v) is 5.37. The molecule has 6 heteroatoms. The van der Waals surface area contributed by atoms with Gasteiger partial charge in [0.15, 0.2) is 0 Å². The Morgan fingerprint density at radius 1 is 1.48 bits per heavy atom. The van der Waals surface area contributed by atoms with Gasteiger partial charge < -0.3 is 15.2 Å². The number of benzene rings is 1. The highest BCUT2D eigenvalue weighted by Gasteiger charge is 2.24. The predicted octanol–water partition coefficient (Wildman–Crippen LogP) is 2.24. The Bertz CT molecular complexity index is 493. The van der Waals surface area contributed by atoms with E-state index in [9.17, 15) is 15.2 Å². The fourth-order valence-corrected chi connectivity index (χ4v) is 2.76. The molecule has 1 aromatic rings. The maximum Gasteiger partial charge on any atom is 0.270 e. The molecule has 1 saturated carbocycles. The Kier molecular flexibility index (Phi) is 5.52. The van der Waals surface area contributed by atoms with Crippen molar-refractivity contribution in [1.82, 2.24) is 5.32 Å². The number of nitrogens with zero attached hydrogens (tertiary/aromatic N) is 1. The summed E-state index contributed by atoms with van der Waals surface area (Å²) in [6.45, 7) is 3.62. The molecule has 1 aliphatic carbocycles. The molecule has 0 aromatic heterocycles. The van der Waals surface area contributed by atoms with Gasteiger partial charge in [-0.25, -0.2) is 0 Å². The van der Waals surface area contributed by atoms with Crippen molar-refractivity contribution >= 4 is 5.69 Å². The average Bonchev–Trinajstić information content (AvgIpc) is 2.86. The summed E-state index contributed by atoms with van der Waals surface area (Å²) in [5, 5.41) is 23.9. The van der Waals surface area contributed by atoms with E-state index in [2.05, 4.69) is 5.32 Å². The van der Waals surface area contributed by atoms with Crippen LogP contribution in [0.2, 0.25) is 0 Å². The Labute approximate surface area is 124 Å². The number of ether oxygens (including phenoxy) is 1. The number of aliphatic hydroxyl groups excluding tert-OH is 1. The van der Waals surface area contributed by atoms with Crippen molar-refractivity contribution in [3.8, 4) is 5.75 Å². The minimum atomic E-state index is -0.403. The van der Waals surface area contributed by atoms with E-state index in [4.69, 9.17) is 4.74 Å². The average molecular weight is 294 g/mol. The highest BCUT2D eigenvalue weighted by atomic mass is 16.6. The largest absolute Gasteiger partial charge is 0.494 e. The molecule has 1 aliphatic rings. The molecule has 0 heterocycles. The van der Waals surface area contributed by atoms with Crippen molar-refractivity contribution < 1.29 is 14.8 Å². The van der Waals surface area contributed by atoms with E-state index in [-0.39, 0.29) is 17.7 Å². The SMILES string of the molecule is CCOc1ccc([N+](=O)[O-])cc1CNCC1CCCC1O. The van der Waals surface area contributed by atoms with E-state index < -0.39 is 4.92 Å². The predicted molar refractivity (Wildman–Crippen MR) is 79.3 cm³/mol. The van der Waals surface area contributed by atoms with Gasteiger partial charge in [-0.2, -0.15) is 0 Å². The molecule has 1 fully saturated rings. The van der Waals surface area contributed by atoms with Crippen LogP contribution < -0.4 is 10.1 Å². The molecular weight excluding hydrogens is 272 g/mol. The first-order chi connectivity index (χ1) is 10.1. The van der Waals surface area contributed by atoms with Gasteiger partial charge >= 0.3 is 0 Å². The molecule has 0 amide bonds. The minimum Gasteiger partial charge on any atom is -0.494 e. The number of non-ortho nitro benzene ring substituents is 1. The highest BCUT2D eigenvalue weighted by Crippen LogP contribution is 2.26. The van der Waals surface area contributed by atoms with Crippen LogP contribution in [0.25, 0.3) is 0 Å². The van der Waals surface area contributed by atoms with Gasteiger partial charge in [-0.1, -0.05) is 6.42 Å². The van der Waals surface area contributed by atoms with E-state index in [0.717, 1.165) is 31.4 Å². The molecule has 2 atom stereocenters. The van der Waals surface area contributed by atoms with Crippen LogP contribution in [0.15, 0.2) is 18.2 Å². The lowest BCUT2D eigenvalue weighted by molar-refractivity contribution is -0.384. The van der Waals surface area contributed by atoms with Gasteiger partial charge in [0, 0.05) is 30.8 Å². The fourth-order valence-electron chi connectivity index (χ4n) is 2.76. The molecule has 2 rings (SSSR count). The summed E-state index contributed by atoms with van der Waals surface area (Å²) in [7, 11) is 0. The first-order valence-corrected chi connectivity index (χ1v) is 7.40. The monoisotopic (exact) mass is 294 g/mol. The van der Waals surface area contributed by atoms with Crippen LogP contribution in [0.5, 0.6) is 5.75 Å². The summed E-state index contributed by atoms with van der Waals surface area (Å²) in [4.78, 5) is 10.5. The summed E-state index contributed by atoms with van der Waals surface area (Å²) >= 11 is 0. The van der Waals surface area contributed by atoms with Gasteiger partial charge in [0.25, 0.3) is 5.69 Å². The highest BCUT2D eigenvalue weighted by molar-refractivity contribution is 5.43. The number of nitrogens with one attached hydrogen (secondary N) is 1. The zero-order valence-corrected chi connectivity index (χ0v) is 12.2. The Morgan fingerprint density at radius 2 is 2.29 bits per heavy atom. The Morgan fingerprint density at radius 3 is 2.90 bits per heavy atom. The van der Waals surface area contributed by atoms with Crippen molar-refractivity contribution in [2.24, 2.45) is 5.92 Å². The van der Waals surface area contributed by atoms with E-state index in [1.807, 2.05) is 6.92 Å². The number of nitro groups is 1. The number of hydrogen-bond acceptors (Lipinski definition) is 5. The molecular formula is C15H22N2O4. The normalized spacial score (nSPS) is 21.4. The van der Waals surface area contributed by atoms with Crippen LogP contribution in [0.3, 0.4) is 0 Å². The smallest absolute Gasteiger partial charge is 0.270 e. The molecule has 2 N–H and O–H groups in total. The van der Waals surface area contributed by atoms with Crippen molar-refractivity contribution in [3.05, 3.63) is 33.9 Å². The lowest BCUT2D eigenvalue weighted by Crippen LogP contribution is -2.27. The van der Waals surface area contributed by atoms with Crippen LogP contribution >= 0.6 is 0 Å². The maximum atomic E-state index is 10.9. The zero-order valence-electron chi connectivity index (χ0n) is 12.2. The number of hydrogen-bond donors (Lipinski definition) is 2. The number of nitro benzene ring substituents is 1. The molecule has 116 valence electrons. The van der Waals surface area contributed by atoms with Crippen LogP contribution in [0.1, 0.15) is 31.7 Å². The standard InChI is InChI=1S/C15H22N2O4/c1-2-21-15-7-6-13(17(19)20)8-12(15)10-16-9-11-4-3-5-14(11)18/h6-8,11,14,16,18H,2-5,9-10H2,1H3. The summed E-state index contributed by atoms with van der Waals surface area (Å²) in [6.07, 6.45) is 2.73. The number of aliphatic hydroxyl groups is 1. The summed E-state index contributed by atoms with van der Waals surface area (Å²) in [5.74, 6) is 0.946. The van der Waals surface area contributed by atoms with Gasteiger partial charge in [-0.05, 0) is 31.7 Å². The van der Waals surface area contributed by atoms with Crippen molar-refractivity contribution in [2.45, 2.75) is 38.8 Å². The van der Waals surface area contributed by atoms with Crippen molar-refractivity contribution in [3.63, 3.8) is 0 Å². The van der Waals surface area contributed by atoms with E-state index in [1.54, 1.807) is 12.1 Å². The maximum absolute atomic E-state index is 10.9. The third kappa shape index (κ3) is 4.15. The molecule has 0 bridgehead atoms. The molecule has 1 aromatic carbocycles. The third-order valence-corrected chi connectivity index (χ3v) is 3.90. The molecule has 0 aliphatic heterocycles. The third-order valence-electron chi connectivity index (χ3n) is 3.90. The van der Waals surface area contributed by atoms with Crippen LogP contribution in [0, 0.1) is 16.0 Å². The van der Waals surface area contributed by atoms with E-state index in [0.29, 0.717) is 18.9 Å². The minimum absolute atomic E-state index is 0.0659. The molecule has 0 radical (unpaired) electrons. The molecule has 6 nitrogen and oxygen atoms in total. The summed E-state index contributed by atoms with van der Waals surface area (Å²) in [5.41, 5.74) is 0.842. The first-order valence-electron chi connectivity index (χ1n) is 7.40. The Balaban J connectivity index is 1.99. The van der Waals surface area contributed by atoms with Gasteiger partial charge in [-0.15, -0.1) is 0 Å². The van der Waals surface area contributed by atoms with Gasteiger partial charge in [0.2, 0.25) is 0 Å². The fraction of sp³-hybridized carbons (Fsp3) is 0.600. The van der Waals surface area contributed by atoms with Crippen LogP contribution in [0.4, 0.5) is 5.69 Å². The summed E-state index contributed by atoms with van der Waals surface area (Å²) in [6, 6.07) is 4.64. The second kappa shape index (κ2) is 7.38. The molecule has 2 unspecified atom stereocenters. The van der Waals surface area contributed by atoms with Gasteiger partial charge in [0.05, 0.1) is 17.6 Å². The quantitative estimate of drug-likeness (QED) is 0.595. The molecule has 0 spiro atoms. The van der Waals surface area contributed by atoms with Crippen molar-refractivity contribution in [2.75, 3.05) is 13.2 Å². The van der Waals surface area contributed by atoms with E-state index >= 15 is 0 Å². The van der Waals surface area contributed by atoms with E-state index in [1.165, 1.54) is 6.07 Å². The molecule has 21 heavy (non-hydrogen) atoms. The Hall–Kier alpha value is -1.66. The van der Waals surface area contributed by atoms with Gasteiger partial charge in [0.1, 0.15) is 5.75 Å². The molecule has 0 saturated heterocycles. The van der Waals surface area contributed by atoms with Gasteiger partial charge in [-0.3, -0.25) is 10.1 Å². The lowest BCUT2D eigenvalue weighted by atomic mass is 10.1. The topological polar surface area (TPSA) is 84.6 Å². The van der Waals surface area contributed by atoms with Crippen LogP contribution in [-0.2, 0) is 6.54 Å². The number of rotatable bonds is 7. The first kappa shape index (κ1) is 15.7. The second-order valence-electron chi connectivity index (χ2n) is 5.37. The zero-order chi connectivity index (χ0) is 15.2. The van der Waals surface area contributed by atoms with Crippen LogP contribution in [-0.4, -0.2) is 29.3 Å². The van der Waals surface area contributed by atoms with Crippen molar-refractivity contribution in [1.29, 1.82) is 0 Å².